The quantitative estimate of drug-likeness (QED) is 0.334. The molecule has 0 saturated carbocycles. The molecule has 2 N–H and O–H groups in total. The van der Waals surface area contributed by atoms with Crippen LogP contribution in [0.15, 0.2) is 18.2 Å². The van der Waals surface area contributed by atoms with Gasteiger partial charge >= 0.3 is 0 Å². The number of amides is 3. The molecule has 0 aliphatic carbocycles. The lowest BCUT2D eigenvalue weighted by molar-refractivity contribution is -0.139. The normalized spacial score (nSPS) is 16.0. The SMILES string of the molecule is CC(C)(C)OC=O.CCC(C)(C)CC(C)(C)CNc1cccc(C(=O)N(C)C2CCC(=O)NC2=O)c1C=O. The van der Waals surface area contributed by atoms with E-state index in [9.17, 15) is 24.0 Å². The molecule has 9 nitrogen and oxygen atoms in total. The molecule has 0 radical (unpaired) electrons. The highest BCUT2D eigenvalue weighted by molar-refractivity contribution is 6.07. The number of likely N-dealkylation sites (N-methyl/N-ethyl adjacent to an activating group) is 1. The number of aldehydes is 1. The van der Waals surface area contributed by atoms with Gasteiger partial charge in [0.05, 0.1) is 11.1 Å². The Hall–Kier alpha value is -3.23. The average molecular weight is 532 g/mol. The summed E-state index contributed by atoms with van der Waals surface area (Å²) in [6.07, 6.45) is 3.21. The van der Waals surface area contributed by atoms with Crippen LogP contribution in [0, 0.1) is 10.8 Å². The van der Waals surface area contributed by atoms with E-state index in [2.05, 4.69) is 50.0 Å². The van der Waals surface area contributed by atoms with Gasteiger partial charge in [-0.15, -0.1) is 0 Å². The number of nitrogens with one attached hydrogen (secondary N) is 2. The van der Waals surface area contributed by atoms with Crippen LogP contribution in [0.1, 0.15) is 102 Å². The van der Waals surface area contributed by atoms with E-state index in [0.717, 1.165) is 12.8 Å². The van der Waals surface area contributed by atoms with Gasteiger partial charge in [-0.25, -0.2) is 0 Å². The molecule has 1 atom stereocenters. The third kappa shape index (κ3) is 10.3. The molecule has 1 aromatic rings. The minimum atomic E-state index is -0.739. The van der Waals surface area contributed by atoms with E-state index in [4.69, 9.17) is 0 Å². The van der Waals surface area contributed by atoms with Crippen molar-refractivity contribution in [3.8, 4) is 0 Å². The predicted molar refractivity (Wildman–Crippen MR) is 148 cm³/mol. The van der Waals surface area contributed by atoms with Gasteiger partial charge in [0, 0.05) is 25.7 Å². The van der Waals surface area contributed by atoms with Gasteiger partial charge in [0.2, 0.25) is 11.8 Å². The number of carbonyl (C=O) groups excluding carboxylic acids is 5. The van der Waals surface area contributed by atoms with Gasteiger partial charge in [-0.1, -0.05) is 47.1 Å². The van der Waals surface area contributed by atoms with Crippen LogP contribution in [0.3, 0.4) is 0 Å². The Morgan fingerprint density at radius 2 is 1.74 bits per heavy atom. The van der Waals surface area contributed by atoms with E-state index < -0.39 is 17.9 Å². The zero-order valence-corrected chi connectivity index (χ0v) is 24.4. The minimum Gasteiger partial charge on any atom is -0.462 e. The molecule has 2 rings (SSSR count). The fourth-order valence-electron chi connectivity index (χ4n) is 4.38. The third-order valence-electron chi connectivity index (χ3n) is 6.53. The summed E-state index contributed by atoms with van der Waals surface area (Å²) in [7, 11) is 1.52. The summed E-state index contributed by atoms with van der Waals surface area (Å²) in [5, 5.41) is 5.62. The Morgan fingerprint density at radius 3 is 2.21 bits per heavy atom. The highest BCUT2D eigenvalue weighted by Gasteiger charge is 2.34. The summed E-state index contributed by atoms with van der Waals surface area (Å²) in [6, 6.07) is 4.36. The molecular formula is C29H45N3O6. The molecule has 1 unspecified atom stereocenters. The molecule has 38 heavy (non-hydrogen) atoms. The smallest absolute Gasteiger partial charge is 0.293 e. The second-order valence-electron chi connectivity index (χ2n) is 12.3. The number of anilines is 1. The summed E-state index contributed by atoms with van der Waals surface area (Å²) < 4.78 is 4.55. The predicted octanol–water partition coefficient (Wildman–Crippen LogP) is 4.60. The highest BCUT2D eigenvalue weighted by atomic mass is 16.5. The third-order valence-corrected chi connectivity index (χ3v) is 6.53. The molecule has 9 heteroatoms. The number of benzene rings is 1. The van der Waals surface area contributed by atoms with Crippen molar-refractivity contribution in [2.75, 3.05) is 18.9 Å². The molecule has 0 bridgehead atoms. The Balaban J connectivity index is 0.000000905. The number of imide groups is 1. The number of piperidine rings is 1. The number of rotatable bonds is 10. The average Bonchev–Trinajstić information content (AvgIpc) is 2.80. The molecule has 212 valence electrons. The molecular weight excluding hydrogens is 486 g/mol. The molecule has 1 saturated heterocycles. The Kier molecular flexibility index (Phi) is 11.7. The van der Waals surface area contributed by atoms with E-state index in [0.29, 0.717) is 25.0 Å². The molecule has 0 spiro atoms. The summed E-state index contributed by atoms with van der Waals surface area (Å²) in [5.41, 5.74) is 0.988. The first-order chi connectivity index (χ1) is 17.5. The first kappa shape index (κ1) is 32.8. The van der Waals surface area contributed by atoms with Crippen molar-refractivity contribution >= 4 is 36.2 Å². The van der Waals surface area contributed by atoms with E-state index in [-0.39, 0.29) is 46.3 Å². The van der Waals surface area contributed by atoms with E-state index >= 15 is 0 Å². The second kappa shape index (κ2) is 13.5. The molecule has 1 heterocycles. The van der Waals surface area contributed by atoms with Gasteiger partial charge < -0.3 is 15.0 Å². The lowest BCUT2D eigenvalue weighted by Crippen LogP contribution is -2.53. The van der Waals surface area contributed by atoms with Crippen LogP contribution in [0.4, 0.5) is 5.69 Å². The Morgan fingerprint density at radius 1 is 1.11 bits per heavy atom. The Bertz CT molecular complexity index is 1010. The lowest BCUT2D eigenvalue weighted by atomic mass is 9.73. The molecule has 1 aromatic carbocycles. The largest absolute Gasteiger partial charge is 0.462 e. The van der Waals surface area contributed by atoms with E-state index in [1.54, 1.807) is 18.2 Å². The number of carbonyl (C=O) groups is 5. The number of nitrogens with zero attached hydrogens (tertiary/aromatic N) is 1. The van der Waals surface area contributed by atoms with Gasteiger partial charge in [0.25, 0.3) is 12.4 Å². The van der Waals surface area contributed by atoms with Crippen LogP contribution in [0.5, 0.6) is 0 Å². The minimum absolute atomic E-state index is 0.0107. The zero-order chi connectivity index (χ0) is 29.3. The van der Waals surface area contributed by atoms with Gasteiger partial charge in [-0.05, 0) is 56.6 Å². The summed E-state index contributed by atoms with van der Waals surface area (Å²) in [6.45, 7) is 17.6. The van der Waals surface area contributed by atoms with Crippen LogP contribution in [-0.2, 0) is 19.1 Å². The lowest BCUT2D eigenvalue weighted by Gasteiger charge is -2.35. The maximum absolute atomic E-state index is 13.1. The van der Waals surface area contributed by atoms with Crippen molar-refractivity contribution in [1.82, 2.24) is 10.2 Å². The van der Waals surface area contributed by atoms with Crippen LogP contribution in [0.2, 0.25) is 0 Å². The molecule has 0 aromatic heterocycles. The van der Waals surface area contributed by atoms with Gasteiger partial charge in [-0.2, -0.15) is 0 Å². The van der Waals surface area contributed by atoms with Crippen molar-refractivity contribution in [3.63, 3.8) is 0 Å². The van der Waals surface area contributed by atoms with Gasteiger partial charge in [0.15, 0.2) is 6.29 Å². The topological polar surface area (TPSA) is 122 Å². The van der Waals surface area contributed by atoms with Crippen molar-refractivity contribution < 1.29 is 28.7 Å². The first-order valence-electron chi connectivity index (χ1n) is 13.0. The summed E-state index contributed by atoms with van der Waals surface area (Å²) in [4.78, 5) is 59.5. The fourth-order valence-corrected chi connectivity index (χ4v) is 4.38. The summed E-state index contributed by atoms with van der Waals surface area (Å²) in [5.74, 6) is -1.25. The van der Waals surface area contributed by atoms with Gasteiger partial charge in [-0.3, -0.25) is 29.3 Å². The van der Waals surface area contributed by atoms with Crippen molar-refractivity contribution in [2.45, 2.75) is 92.7 Å². The maximum Gasteiger partial charge on any atom is 0.293 e. The molecule has 1 aliphatic heterocycles. The van der Waals surface area contributed by atoms with E-state index in [1.165, 1.54) is 11.9 Å². The standard InChI is InChI=1S/C24H35N3O4.C5H10O2/c1-7-23(2,3)14-24(4,5)15-25-18-10-8-9-16(17(18)13-28)22(31)27(6)19-11-12-20(29)26-21(19)30;1-5(2,3)7-4-6/h8-10,13,19,25H,7,11-12,14-15H2,1-6H3,(H,26,29,30);4H,1-3H3. The molecule has 1 aliphatic rings. The van der Waals surface area contributed by atoms with Crippen molar-refractivity contribution in [1.29, 1.82) is 0 Å². The van der Waals surface area contributed by atoms with Crippen LogP contribution < -0.4 is 10.6 Å². The first-order valence-corrected chi connectivity index (χ1v) is 13.0. The molecule has 3 amide bonds. The number of hydrogen-bond donors (Lipinski definition) is 2. The Labute approximate surface area is 227 Å². The van der Waals surface area contributed by atoms with Crippen molar-refractivity contribution in [2.24, 2.45) is 10.8 Å². The van der Waals surface area contributed by atoms with Crippen molar-refractivity contribution in [3.05, 3.63) is 29.3 Å². The maximum atomic E-state index is 13.1. The van der Waals surface area contributed by atoms with E-state index in [1.807, 2.05) is 20.8 Å². The number of ether oxygens (including phenoxy) is 1. The second-order valence-corrected chi connectivity index (χ2v) is 12.3. The van der Waals surface area contributed by atoms with Gasteiger partial charge in [0.1, 0.15) is 11.6 Å². The van der Waals surface area contributed by atoms with Crippen LogP contribution in [-0.4, -0.2) is 60.6 Å². The zero-order valence-electron chi connectivity index (χ0n) is 24.4. The van der Waals surface area contributed by atoms with Crippen LogP contribution >= 0.6 is 0 Å². The molecule has 1 fully saturated rings. The van der Waals surface area contributed by atoms with Crippen LogP contribution in [0.25, 0.3) is 0 Å². The highest BCUT2D eigenvalue weighted by Crippen LogP contribution is 2.36. The monoisotopic (exact) mass is 531 g/mol. The number of hydrogen-bond acceptors (Lipinski definition) is 7. The summed E-state index contributed by atoms with van der Waals surface area (Å²) >= 11 is 0. The fraction of sp³-hybridized carbons (Fsp3) is 0.621.